The molecule has 0 bridgehead atoms. The van der Waals surface area contributed by atoms with Gasteiger partial charge >= 0.3 is 0 Å². The van der Waals surface area contributed by atoms with Gasteiger partial charge in [-0.15, -0.1) is 0 Å². The molecule has 0 unspecified atom stereocenters. The Morgan fingerprint density at radius 1 is 0.950 bits per heavy atom. The van der Waals surface area contributed by atoms with E-state index >= 15 is 0 Å². The molecule has 3 nitrogen and oxygen atoms in total. The molecule has 0 spiro atoms. The van der Waals surface area contributed by atoms with Crippen LogP contribution in [0.2, 0.25) is 0 Å². The van der Waals surface area contributed by atoms with Gasteiger partial charge in [-0.05, 0) is 61.0 Å². The summed E-state index contributed by atoms with van der Waals surface area (Å²) in [6.07, 6.45) is 0.897. The third kappa shape index (κ3) is 2.75. The van der Waals surface area contributed by atoms with Crippen molar-refractivity contribution < 1.29 is 4.74 Å². The number of fused-ring (bicyclic) bond motifs is 1. The van der Waals surface area contributed by atoms with E-state index in [1.165, 1.54) is 11.1 Å². The maximum Gasteiger partial charge on any atom is 0.175 e. The molecule has 3 rings (SSSR count). The Morgan fingerprint density at radius 2 is 1.65 bits per heavy atom. The molecule has 0 aliphatic heterocycles. The van der Waals surface area contributed by atoms with Crippen LogP contribution >= 0.6 is 12.2 Å². The number of aromatic nitrogens is 2. The highest BCUT2D eigenvalue weighted by molar-refractivity contribution is 7.71. The van der Waals surface area contributed by atoms with Gasteiger partial charge in [0.15, 0.2) is 4.77 Å². The van der Waals surface area contributed by atoms with Gasteiger partial charge in [-0.3, -0.25) is 0 Å². The Balaban J connectivity index is 1.82. The normalized spacial score (nSPS) is 10.8. The molecule has 0 amide bonds. The molecule has 0 saturated carbocycles. The zero-order valence-corrected chi connectivity index (χ0v) is 12.1. The third-order valence-electron chi connectivity index (χ3n) is 3.22. The minimum atomic E-state index is 0.665. The van der Waals surface area contributed by atoms with Crippen molar-refractivity contribution in [3.8, 4) is 5.75 Å². The number of hydrogen-bond donors (Lipinski definition) is 2. The molecule has 4 heteroatoms. The number of benzene rings is 2. The molecule has 1 aromatic heterocycles. The van der Waals surface area contributed by atoms with Crippen LogP contribution in [0.5, 0.6) is 5.75 Å². The average Bonchev–Trinajstić information content (AvgIpc) is 2.81. The van der Waals surface area contributed by atoms with E-state index in [1.54, 1.807) is 0 Å². The van der Waals surface area contributed by atoms with E-state index in [0.717, 1.165) is 23.2 Å². The van der Waals surface area contributed by atoms with Gasteiger partial charge in [0, 0.05) is 0 Å². The molecule has 1 heterocycles. The number of nitrogens with one attached hydrogen (secondary N) is 2. The minimum Gasteiger partial charge on any atom is -0.494 e. The van der Waals surface area contributed by atoms with E-state index in [4.69, 9.17) is 17.0 Å². The van der Waals surface area contributed by atoms with Crippen molar-refractivity contribution in [2.75, 3.05) is 6.61 Å². The fraction of sp³-hybridized carbons (Fsp3) is 0.188. The Labute approximate surface area is 122 Å². The van der Waals surface area contributed by atoms with E-state index in [2.05, 4.69) is 40.3 Å². The largest absolute Gasteiger partial charge is 0.494 e. The molecule has 0 aliphatic carbocycles. The molecule has 0 fully saturated rings. The van der Waals surface area contributed by atoms with Crippen molar-refractivity contribution in [1.29, 1.82) is 0 Å². The molecule has 0 aliphatic rings. The first-order chi connectivity index (χ1) is 9.74. The van der Waals surface area contributed by atoms with Crippen molar-refractivity contribution in [2.45, 2.75) is 13.3 Å². The van der Waals surface area contributed by atoms with Crippen molar-refractivity contribution in [1.82, 2.24) is 9.97 Å². The zero-order chi connectivity index (χ0) is 13.9. The topological polar surface area (TPSA) is 40.8 Å². The molecular formula is C16H16N2OS. The monoisotopic (exact) mass is 284 g/mol. The summed E-state index contributed by atoms with van der Waals surface area (Å²) in [7, 11) is 0. The first kappa shape index (κ1) is 12.9. The van der Waals surface area contributed by atoms with Crippen molar-refractivity contribution >= 4 is 23.3 Å². The van der Waals surface area contributed by atoms with Gasteiger partial charge in [0.25, 0.3) is 0 Å². The van der Waals surface area contributed by atoms with Crippen LogP contribution in [-0.2, 0) is 6.42 Å². The lowest BCUT2D eigenvalue weighted by Gasteiger charge is -2.05. The summed E-state index contributed by atoms with van der Waals surface area (Å²) >= 11 is 5.10. The summed E-state index contributed by atoms with van der Waals surface area (Å²) in [5, 5.41) is 0. The number of rotatable bonds is 4. The first-order valence-electron chi connectivity index (χ1n) is 6.67. The van der Waals surface area contributed by atoms with E-state index in [0.29, 0.717) is 11.4 Å². The highest BCUT2D eigenvalue weighted by Crippen LogP contribution is 2.18. The summed E-state index contributed by atoms with van der Waals surface area (Å²) in [5.41, 5.74) is 4.62. The smallest absolute Gasteiger partial charge is 0.175 e. The number of hydrogen-bond acceptors (Lipinski definition) is 2. The Hall–Kier alpha value is -2.07. The predicted molar refractivity (Wildman–Crippen MR) is 83.9 cm³/mol. The quantitative estimate of drug-likeness (QED) is 0.704. The highest BCUT2D eigenvalue weighted by atomic mass is 32.1. The van der Waals surface area contributed by atoms with Crippen LogP contribution in [-0.4, -0.2) is 16.6 Å². The van der Waals surface area contributed by atoms with Crippen LogP contribution < -0.4 is 4.74 Å². The molecular weight excluding hydrogens is 268 g/mol. The fourth-order valence-corrected chi connectivity index (χ4v) is 2.52. The van der Waals surface area contributed by atoms with Gasteiger partial charge in [0.2, 0.25) is 0 Å². The van der Waals surface area contributed by atoms with Gasteiger partial charge in [-0.25, -0.2) is 0 Å². The van der Waals surface area contributed by atoms with Crippen LogP contribution in [0, 0.1) is 4.77 Å². The van der Waals surface area contributed by atoms with E-state index in [9.17, 15) is 0 Å². The van der Waals surface area contributed by atoms with Crippen LogP contribution in [0.4, 0.5) is 0 Å². The lowest BCUT2D eigenvalue weighted by molar-refractivity contribution is 0.340. The maximum absolute atomic E-state index is 5.45. The average molecular weight is 284 g/mol. The van der Waals surface area contributed by atoms with Crippen molar-refractivity contribution in [2.24, 2.45) is 0 Å². The standard InChI is InChI=1S/C16H16N2OS/c1-2-19-13-6-3-11(4-7-13)9-12-5-8-14-15(10-12)18-16(20)17-14/h3-8,10H,2,9H2,1H3,(H2,17,18,20). The predicted octanol–water partition coefficient (Wildman–Crippen LogP) is 4.21. The van der Waals surface area contributed by atoms with Gasteiger partial charge < -0.3 is 14.7 Å². The van der Waals surface area contributed by atoms with Crippen LogP contribution in [0.1, 0.15) is 18.1 Å². The fourth-order valence-electron chi connectivity index (χ4n) is 2.30. The molecule has 0 radical (unpaired) electrons. The lowest BCUT2D eigenvalue weighted by atomic mass is 10.0. The Bertz CT molecular complexity index is 771. The Kier molecular flexibility index (Phi) is 3.56. The van der Waals surface area contributed by atoms with E-state index in [-0.39, 0.29) is 0 Å². The lowest BCUT2D eigenvalue weighted by Crippen LogP contribution is -1.92. The van der Waals surface area contributed by atoms with Crippen LogP contribution in [0.25, 0.3) is 11.0 Å². The first-order valence-corrected chi connectivity index (χ1v) is 7.08. The summed E-state index contributed by atoms with van der Waals surface area (Å²) in [6, 6.07) is 14.6. The number of H-pyrrole nitrogens is 2. The van der Waals surface area contributed by atoms with Gasteiger partial charge in [-0.2, -0.15) is 0 Å². The van der Waals surface area contributed by atoms with E-state index < -0.39 is 0 Å². The summed E-state index contributed by atoms with van der Waals surface area (Å²) in [4.78, 5) is 6.26. The second kappa shape index (κ2) is 5.51. The number of aromatic amines is 2. The second-order valence-corrected chi connectivity index (χ2v) is 5.12. The SMILES string of the molecule is CCOc1ccc(Cc2ccc3[nH]c(=S)[nH]c3c2)cc1. The maximum atomic E-state index is 5.45. The molecule has 2 N–H and O–H groups in total. The zero-order valence-electron chi connectivity index (χ0n) is 11.3. The van der Waals surface area contributed by atoms with E-state index in [1.807, 2.05) is 19.1 Å². The van der Waals surface area contributed by atoms with Crippen LogP contribution in [0.3, 0.4) is 0 Å². The summed E-state index contributed by atoms with van der Waals surface area (Å²) in [6.45, 7) is 2.69. The van der Waals surface area contributed by atoms with Crippen molar-refractivity contribution in [3.63, 3.8) is 0 Å². The Morgan fingerprint density at radius 3 is 2.40 bits per heavy atom. The molecule has 0 saturated heterocycles. The molecule has 0 atom stereocenters. The van der Waals surface area contributed by atoms with Crippen molar-refractivity contribution in [3.05, 3.63) is 58.4 Å². The molecule has 20 heavy (non-hydrogen) atoms. The molecule has 2 aromatic carbocycles. The summed E-state index contributed by atoms with van der Waals surface area (Å²) in [5.74, 6) is 0.918. The highest BCUT2D eigenvalue weighted by Gasteiger charge is 2.01. The minimum absolute atomic E-state index is 0.665. The van der Waals surface area contributed by atoms with Gasteiger partial charge in [0.1, 0.15) is 5.75 Å². The summed E-state index contributed by atoms with van der Waals surface area (Å²) < 4.78 is 6.12. The molecule has 102 valence electrons. The second-order valence-electron chi connectivity index (χ2n) is 4.71. The molecule has 3 aromatic rings. The van der Waals surface area contributed by atoms with Gasteiger partial charge in [-0.1, -0.05) is 18.2 Å². The number of imidazole rings is 1. The number of ether oxygens (including phenoxy) is 1. The van der Waals surface area contributed by atoms with Crippen LogP contribution in [0.15, 0.2) is 42.5 Å². The van der Waals surface area contributed by atoms with Gasteiger partial charge in [0.05, 0.1) is 17.6 Å². The third-order valence-corrected chi connectivity index (χ3v) is 3.43.